The van der Waals surface area contributed by atoms with E-state index in [1.54, 1.807) is 12.0 Å². The van der Waals surface area contributed by atoms with Gasteiger partial charge in [-0.15, -0.1) is 0 Å². The molecule has 2 amide bonds. The van der Waals surface area contributed by atoms with Crippen LogP contribution in [0.3, 0.4) is 0 Å². The molecule has 2 N–H and O–H groups in total. The summed E-state index contributed by atoms with van der Waals surface area (Å²) in [6, 6.07) is 5.72. The van der Waals surface area contributed by atoms with Gasteiger partial charge in [-0.2, -0.15) is 0 Å². The van der Waals surface area contributed by atoms with Gasteiger partial charge in [0.15, 0.2) is 11.5 Å². The number of hydrogen-bond donors (Lipinski definition) is 2. The molecule has 154 valence electrons. The smallest absolute Gasteiger partial charge is 0.317 e. The minimum absolute atomic E-state index is 0.0898. The Morgan fingerprint density at radius 1 is 1.36 bits per heavy atom. The molecule has 0 radical (unpaired) electrons. The standard InChI is InChI=1S/C21H30N2O5/c1-3-28-18-12-15(8-9-17(18)27-2)6-5-11-22-20(26)23-13-16-7-4-10-21(16,14-23)19(24)25/h8-9,12,16H,3-7,10-11,13-14H2,1-2H3,(H,22,26)(H,24,25)/t16-,21+/m0/s1. The molecular formula is C21H30N2O5. The second-order valence-electron chi connectivity index (χ2n) is 7.68. The number of rotatable bonds is 8. The highest BCUT2D eigenvalue weighted by molar-refractivity contribution is 5.80. The fourth-order valence-electron chi connectivity index (χ4n) is 4.54. The van der Waals surface area contributed by atoms with Crippen LogP contribution in [0, 0.1) is 11.3 Å². The summed E-state index contributed by atoms with van der Waals surface area (Å²) in [6.45, 7) is 3.94. The van der Waals surface area contributed by atoms with Crippen LogP contribution in [0.25, 0.3) is 0 Å². The lowest BCUT2D eigenvalue weighted by Crippen LogP contribution is -2.42. The summed E-state index contributed by atoms with van der Waals surface area (Å²) in [4.78, 5) is 25.9. The molecule has 1 aromatic carbocycles. The van der Waals surface area contributed by atoms with Gasteiger partial charge in [0, 0.05) is 19.6 Å². The molecule has 0 spiro atoms. The summed E-state index contributed by atoms with van der Waals surface area (Å²) in [5.41, 5.74) is 0.398. The molecule has 3 rings (SSSR count). The number of nitrogens with zero attached hydrogens (tertiary/aromatic N) is 1. The van der Waals surface area contributed by atoms with Gasteiger partial charge in [0.2, 0.25) is 0 Å². The van der Waals surface area contributed by atoms with Crippen LogP contribution in [0.15, 0.2) is 18.2 Å². The van der Waals surface area contributed by atoms with Gasteiger partial charge in [0.05, 0.1) is 19.1 Å². The van der Waals surface area contributed by atoms with Crippen molar-refractivity contribution < 1.29 is 24.2 Å². The monoisotopic (exact) mass is 390 g/mol. The lowest BCUT2D eigenvalue weighted by atomic mass is 9.81. The predicted molar refractivity (Wildman–Crippen MR) is 105 cm³/mol. The van der Waals surface area contributed by atoms with Gasteiger partial charge in [0.1, 0.15) is 0 Å². The Morgan fingerprint density at radius 3 is 2.86 bits per heavy atom. The van der Waals surface area contributed by atoms with E-state index in [2.05, 4.69) is 5.32 Å². The maximum Gasteiger partial charge on any atom is 0.317 e. The van der Waals surface area contributed by atoms with Crippen molar-refractivity contribution in [3.8, 4) is 11.5 Å². The topological polar surface area (TPSA) is 88.1 Å². The Kier molecular flexibility index (Phi) is 6.31. The number of aliphatic carboxylic acids is 1. The SMILES string of the molecule is CCOc1cc(CCCNC(=O)N2C[C@@H]3CCC[C@@]3(C(=O)O)C2)ccc1OC. The third-order valence-electron chi connectivity index (χ3n) is 6.03. The molecule has 1 saturated heterocycles. The number of ether oxygens (including phenoxy) is 2. The molecule has 28 heavy (non-hydrogen) atoms. The number of aryl methyl sites for hydroxylation is 1. The van der Waals surface area contributed by atoms with Gasteiger partial charge < -0.3 is 24.8 Å². The second-order valence-corrected chi connectivity index (χ2v) is 7.68. The van der Waals surface area contributed by atoms with Crippen molar-refractivity contribution in [3.63, 3.8) is 0 Å². The number of carboxylic acid groups (broad SMARTS) is 1. The van der Waals surface area contributed by atoms with Crippen LogP contribution >= 0.6 is 0 Å². The van der Waals surface area contributed by atoms with Crippen LogP contribution in [-0.2, 0) is 11.2 Å². The summed E-state index contributed by atoms with van der Waals surface area (Å²) >= 11 is 0. The highest BCUT2D eigenvalue weighted by Gasteiger charge is 2.55. The van der Waals surface area contributed by atoms with E-state index < -0.39 is 11.4 Å². The molecule has 1 heterocycles. The molecule has 1 aliphatic carbocycles. The van der Waals surface area contributed by atoms with E-state index in [9.17, 15) is 14.7 Å². The predicted octanol–water partition coefficient (Wildman–Crippen LogP) is 2.92. The highest BCUT2D eigenvalue weighted by Crippen LogP contribution is 2.48. The average Bonchev–Trinajstić information content (AvgIpc) is 3.24. The quantitative estimate of drug-likeness (QED) is 0.667. The maximum absolute atomic E-state index is 12.5. The van der Waals surface area contributed by atoms with Crippen LogP contribution in [0.2, 0.25) is 0 Å². The van der Waals surface area contributed by atoms with Gasteiger partial charge in [-0.25, -0.2) is 4.79 Å². The molecule has 0 bridgehead atoms. The number of benzene rings is 1. The van der Waals surface area contributed by atoms with E-state index >= 15 is 0 Å². The van der Waals surface area contributed by atoms with E-state index in [1.807, 2.05) is 25.1 Å². The van der Waals surface area contributed by atoms with Crippen molar-refractivity contribution in [2.24, 2.45) is 11.3 Å². The van der Waals surface area contributed by atoms with Gasteiger partial charge in [-0.1, -0.05) is 12.5 Å². The summed E-state index contributed by atoms with van der Waals surface area (Å²) in [6.07, 6.45) is 4.13. The summed E-state index contributed by atoms with van der Waals surface area (Å²) in [7, 11) is 1.62. The van der Waals surface area contributed by atoms with E-state index in [4.69, 9.17) is 9.47 Å². The molecule has 0 unspecified atom stereocenters. The summed E-state index contributed by atoms with van der Waals surface area (Å²) in [5, 5.41) is 12.6. The minimum atomic E-state index is -0.755. The number of hydrogen-bond acceptors (Lipinski definition) is 4. The zero-order valence-corrected chi connectivity index (χ0v) is 16.7. The third-order valence-corrected chi connectivity index (χ3v) is 6.03. The summed E-state index contributed by atoms with van der Waals surface area (Å²) < 4.78 is 10.9. The van der Waals surface area contributed by atoms with Gasteiger partial charge in [0.25, 0.3) is 0 Å². The van der Waals surface area contributed by atoms with E-state index in [0.29, 0.717) is 38.4 Å². The second kappa shape index (κ2) is 8.71. The van der Waals surface area contributed by atoms with Crippen LogP contribution in [0.4, 0.5) is 4.79 Å². The first kappa shape index (κ1) is 20.3. The maximum atomic E-state index is 12.5. The molecule has 7 heteroatoms. The first-order valence-electron chi connectivity index (χ1n) is 10.1. The first-order chi connectivity index (χ1) is 13.5. The lowest BCUT2D eigenvalue weighted by Gasteiger charge is -2.23. The van der Waals surface area contributed by atoms with Crippen molar-refractivity contribution in [2.75, 3.05) is 33.4 Å². The molecule has 7 nitrogen and oxygen atoms in total. The molecular weight excluding hydrogens is 360 g/mol. The number of likely N-dealkylation sites (tertiary alicyclic amines) is 1. The number of methoxy groups -OCH3 is 1. The van der Waals surface area contributed by atoms with Crippen LogP contribution in [0.1, 0.15) is 38.2 Å². The molecule has 2 fully saturated rings. The number of nitrogens with one attached hydrogen (secondary N) is 1. The summed E-state index contributed by atoms with van der Waals surface area (Å²) in [5.74, 6) is 0.780. The number of carbonyl (C=O) groups excluding carboxylic acids is 1. The molecule has 1 aliphatic heterocycles. The van der Waals surface area contributed by atoms with Crippen LogP contribution in [0.5, 0.6) is 11.5 Å². The molecule has 1 saturated carbocycles. The van der Waals surface area contributed by atoms with Gasteiger partial charge in [-0.3, -0.25) is 4.79 Å². The molecule has 2 atom stereocenters. The van der Waals surface area contributed by atoms with Gasteiger partial charge >= 0.3 is 12.0 Å². The highest BCUT2D eigenvalue weighted by atomic mass is 16.5. The lowest BCUT2D eigenvalue weighted by molar-refractivity contribution is -0.149. The van der Waals surface area contributed by atoms with Crippen LogP contribution in [-0.4, -0.2) is 55.4 Å². The van der Waals surface area contributed by atoms with E-state index in [-0.39, 0.29) is 11.9 Å². The number of carboxylic acids is 1. The number of urea groups is 1. The number of fused-ring (bicyclic) bond motifs is 1. The zero-order valence-electron chi connectivity index (χ0n) is 16.7. The first-order valence-corrected chi connectivity index (χ1v) is 10.1. The van der Waals surface area contributed by atoms with Crippen LogP contribution < -0.4 is 14.8 Å². The van der Waals surface area contributed by atoms with Crippen molar-refractivity contribution in [1.29, 1.82) is 0 Å². The van der Waals surface area contributed by atoms with Crippen molar-refractivity contribution >= 4 is 12.0 Å². The zero-order chi connectivity index (χ0) is 20.1. The number of amides is 2. The third kappa shape index (κ3) is 4.03. The number of carbonyl (C=O) groups is 2. The van der Waals surface area contributed by atoms with Crippen molar-refractivity contribution in [3.05, 3.63) is 23.8 Å². The molecule has 2 aliphatic rings. The Bertz CT molecular complexity index is 723. The Hall–Kier alpha value is -2.44. The fourth-order valence-corrected chi connectivity index (χ4v) is 4.54. The Labute approximate surface area is 166 Å². The van der Waals surface area contributed by atoms with E-state index in [1.165, 1.54) is 0 Å². The largest absolute Gasteiger partial charge is 0.493 e. The minimum Gasteiger partial charge on any atom is -0.493 e. The normalized spacial score (nSPS) is 23.4. The Morgan fingerprint density at radius 2 is 2.18 bits per heavy atom. The fraction of sp³-hybridized carbons (Fsp3) is 0.619. The average molecular weight is 390 g/mol. The van der Waals surface area contributed by atoms with Gasteiger partial charge in [-0.05, 0) is 56.2 Å². The molecule has 0 aromatic heterocycles. The van der Waals surface area contributed by atoms with Crippen molar-refractivity contribution in [2.45, 2.75) is 39.0 Å². The van der Waals surface area contributed by atoms with E-state index in [0.717, 1.165) is 37.0 Å². The Balaban J connectivity index is 1.46. The molecule has 1 aromatic rings. The van der Waals surface area contributed by atoms with Crippen molar-refractivity contribution in [1.82, 2.24) is 10.2 Å².